The minimum atomic E-state index is -0.510. The lowest BCUT2D eigenvalue weighted by Crippen LogP contribution is -2.36. The van der Waals surface area contributed by atoms with Gasteiger partial charge in [0.2, 0.25) is 0 Å². The van der Waals surface area contributed by atoms with E-state index in [1.165, 1.54) is 0 Å². The largest absolute Gasteiger partial charge is 0.397 e. The van der Waals surface area contributed by atoms with Crippen molar-refractivity contribution in [3.05, 3.63) is 88.9 Å². The first-order valence-corrected chi connectivity index (χ1v) is 8.61. The third-order valence-corrected chi connectivity index (χ3v) is 4.49. The number of nitrogens with two attached hydrogens (primary N) is 1. The van der Waals surface area contributed by atoms with Crippen LogP contribution in [0, 0.1) is 0 Å². The average Bonchev–Trinajstić information content (AvgIpc) is 2.95. The van der Waals surface area contributed by atoms with E-state index in [9.17, 15) is 9.59 Å². The molecule has 2 amide bonds. The Labute approximate surface area is 160 Å². The van der Waals surface area contributed by atoms with Crippen LogP contribution in [0.3, 0.4) is 0 Å². The van der Waals surface area contributed by atoms with Crippen molar-refractivity contribution in [2.75, 3.05) is 10.6 Å². The molecule has 27 heavy (non-hydrogen) atoms. The summed E-state index contributed by atoms with van der Waals surface area (Å²) in [4.78, 5) is 31.6. The van der Waals surface area contributed by atoms with Crippen LogP contribution in [0.15, 0.2) is 77.8 Å². The highest BCUT2D eigenvalue weighted by atomic mass is 35.5. The second-order valence-corrected chi connectivity index (χ2v) is 6.43. The van der Waals surface area contributed by atoms with E-state index in [4.69, 9.17) is 17.3 Å². The van der Waals surface area contributed by atoms with Gasteiger partial charge in [-0.3, -0.25) is 9.59 Å². The summed E-state index contributed by atoms with van der Waals surface area (Å²) < 4.78 is 0. The lowest BCUT2D eigenvalue weighted by atomic mass is 10.1. The molecule has 1 heterocycles. The summed E-state index contributed by atoms with van der Waals surface area (Å²) in [6, 6.07) is 20.5. The van der Waals surface area contributed by atoms with E-state index >= 15 is 0 Å². The molecule has 4 rings (SSSR count). The van der Waals surface area contributed by atoms with Crippen LogP contribution in [0.25, 0.3) is 0 Å². The zero-order valence-corrected chi connectivity index (χ0v) is 14.9. The van der Waals surface area contributed by atoms with Gasteiger partial charge in [0.25, 0.3) is 11.8 Å². The highest BCUT2D eigenvalue weighted by molar-refractivity contribution is 6.59. The number of para-hydroxylation sites is 2. The van der Waals surface area contributed by atoms with E-state index in [2.05, 4.69) is 4.99 Å². The van der Waals surface area contributed by atoms with Gasteiger partial charge in [0, 0.05) is 16.1 Å². The van der Waals surface area contributed by atoms with Gasteiger partial charge in [-0.25, -0.2) is 9.89 Å². The Hall–Kier alpha value is -3.44. The topological polar surface area (TPSA) is 75.8 Å². The first kappa shape index (κ1) is 17.0. The van der Waals surface area contributed by atoms with Crippen LogP contribution in [0.2, 0.25) is 5.02 Å². The SMILES string of the molecule is Nc1ccccc1N=C1C(=O)N(C(=O)c2ccccc2)c2ccc(Cl)cc21. The van der Waals surface area contributed by atoms with Gasteiger partial charge >= 0.3 is 0 Å². The third kappa shape index (κ3) is 2.98. The Balaban J connectivity index is 1.87. The smallest absolute Gasteiger partial charge is 0.284 e. The molecule has 0 saturated heterocycles. The summed E-state index contributed by atoms with van der Waals surface area (Å²) in [6.07, 6.45) is 0. The molecule has 132 valence electrons. The van der Waals surface area contributed by atoms with Crippen molar-refractivity contribution < 1.29 is 9.59 Å². The number of nitrogens with zero attached hydrogens (tertiary/aromatic N) is 2. The maximum Gasteiger partial charge on any atom is 0.284 e. The summed E-state index contributed by atoms with van der Waals surface area (Å²) in [5, 5.41) is 0.448. The summed E-state index contributed by atoms with van der Waals surface area (Å²) in [6.45, 7) is 0. The Morgan fingerprint density at radius 3 is 2.41 bits per heavy atom. The van der Waals surface area contributed by atoms with Crippen molar-refractivity contribution in [3.8, 4) is 0 Å². The van der Waals surface area contributed by atoms with Gasteiger partial charge in [-0.2, -0.15) is 0 Å². The van der Waals surface area contributed by atoms with Crippen molar-refractivity contribution >= 4 is 46.2 Å². The zero-order chi connectivity index (χ0) is 19.0. The highest BCUT2D eigenvalue weighted by Gasteiger charge is 2.38. The normalized spacial score (nSPS) is 14.5. The van der Waals surface area contributed by atoms with Crippen molar-refractivity contribution in [3.63, 3.8) is 0 Å². The predicted molar refractivity (Wildman–Crippen MR) is 107 cm³/mol. The number of fused-ring (bicyclic) bond motifs is 1. The number of rotatable bonds is 2. The van der Waals surface area contributed by atoms with E-state index in [1.54, 1.807) is 72.8 Å². The van der Waals surface area contributed by atoms with Crippen LogP contribution in [0.4, 0.5) is 17.1 Å². The van der Waals surface area contributed by atoms with Crippen molar-refractivity contribution in [2.45, 2.75) is 0 Å². The molecule has 0 fully saturated rings. The number of halogens is 1. The van der Waals surface area contributed by atoms with E-state index in [0.29, 0.717) is 33.2 Å². The standard InChI is InChI=1S/C21H14ClN3O2/c22-14-10-11-18-15(12-14)19(24-17-9-5-4-8-16(17)23)21(27)25(18)20(26)13-6-2-1-3-7-13/h1-12H,23H2. The number of anilines is 2. The van der Waals surface area contributed by atoms with Crippen LogP contribution >= 0.6 is 11.6 Å². The van der Waals surface area contributed by atoms with Gasteiger partial charge < -0.3 is 5.73 Å². The monoisotopic (exact) mass is 375 g/mol. The number of nitrogen functional groups attached to an aromatic ring is 1. The predicted octanol–water partition coefficient (Wildman–Crippen LogP) is 4.23. The molecule has 5 nitrogen and oxygen atoms in total. The molecule has 0 atom stereocenters. The number of amides is 2. The quantitative estimate of drug-likeness (QED) is 0.538. The Morgan fingerprint density at radius 2 is 1.67 bits per heavy atom. The number of hydrogen-bond acceptors (Lipinski definition) is 4. The molecule has 3 aromatic rings. The minimum Gasteiger partial charge on any atom is -0.397 e. The van der Waals surface area contributed by atoms with Gasteiger partial charge in [0.15, 0.2) is 0 Å². The van der Waals surface area contributed by atoms with Crippen LogP contribution in [-0.2, 0) is 4.79 Å². The molecule has 1 aliphatic heterocycles. The molecule has 0 radical (unpaired) electrons. The number of carbonyl (C=O) groups is 2. The minimum absolute atomic E-state index is 0.134. The Bertz CT molecular complexity index is 1090. The molecule has 0 saturated carbocycles. The summed E-state index contributed by atoms with van der Waals surface area (Å²) in [5.74, 6) is -0.931. The van der Waals surface area contributed by atoms with Crippen molar-refractivity contribution in [2.24, 2.45) is 4.99 Å². The van der Waals surface area contributed by atoms with E-state index in [1.807, 2.05) is 0 Å². The summed E-state index contributed by atoms with van der Waals surface area (Å²) >= 11 is 6.12. The van der Waals surface area contributed by atoms with Gasteiger partial charge in [-0.1, -0.05) is 41.9 Å². The number of hydrogen-bond donors (Lipinski definition) is 1. The van der Waals surface area contributed by atoms with E-state index < -0.39 is 11.8 Å². The molecular formula is C21H14ClN3O2. The second-order valence-electron chi connectivity index (χ2n) is 5.99. The van der Waals surface area contributed by atoms with Gasteiger partial charge in [0.05, 0.1) is 17.1 Å². The third-order valence-electron chi connectivity index (χ3n) is 4.25. The molecule has 6 heteroatoms. The fourth-order valence-electron chi connectivity index (χ4n) is 2.95. The van der Waals surface area contributed by atoms with E-state index in [0.717, 1.165) is 4.90 Å². The summed E-state index contributed by atoms with van der Waals surface area (Å²) in [5.41, 5.74) is 8.35. The average molecular weight is 376 g/mol. The van der Waals surface area contributed by atoms with Crippen molar-refractivity contribution in [1.82, 2.24) is 0 Å². The lowest BCUT2D eigenvalue weighted by molar-refractivity contribution is -0.111. The second kappa shape index (κ2) is 6.70. The molecule has 1 aliphatic rings. The maximum atomic E-state index is 13.1. The van der Waals surface area contributed by atoms with Crippen LogP contribution < -0.4 is 10.6 Å². The first-order valence-electron chi connectivity index (χ1n) is 8.23. The number of imide groups is 1. The van der Waals surface area contributed by atoms with Crippen LogP contribution in [0.1, 0.15) is 15.9 Å². The molecule has 2 N–H and O–H groups in total. The van der Waals surface area contributed by atoms with E-state index in [-0.39, 0.29) is 5.71 Å². The van der Waals surface area contributed by atoms with Crippen LogP contribution in [0.5, 0.6) is 0 Å². The molecule has 0 spiro atoms. The maximum absolute atomic E-state index is 13.1. The Kier molecular flexibility index (Phi) is 4.22. The molecule has 0 aromatic heterocycles. The number of carbonyl (C=O) groups excluding carboxylic acids is 2. The molecule has 0 aliphatic carbocycles. The molecular weight excluding hydrogens is 362 g/mol. The van der Waals surface area contributed by atoms with Gasteiger partial charge in [0.1, 0.15) is 5.71 Å². The lowest BCUT2D eigenvalue weighted by Gasteiger charge is -2.14. The summed E-state index contributed by atoms with van der Waals surface area (Å²) in [7, 11) is 0. The molecule has 0 unspecified atom stereocenters. The number of aliphatic imine (C=N–C) groups is 1. The van der Waals surface area contributed by atoms with Crippen LogP contribution in [-0.4, -0.2) is 17.5 Å². The first-order chi connectivity index (χ1) is 13.1. The molecule has 0 bridgehead atoms. The Morgan fingerprint density at radius 1 is 0.963 bits per heavy atom. The fourth-order valence-corrected chi connectivity index (χ4v) is 3.12. The zero-order valence-electron chi connectivity index (χ0n) is 14.1. The molecule has 3 aromatic carbocycles. The number of benzene rings is 3. The van der Waals surface area contributed by atoms with Gasteiger partial charge in [-0.15, -0.1) is 0 Å². The fraction of sp³-hybridized carbons (Fsp3) is 0. The van der Waals surface area contributed by atoms with Gasteiger partial charge in [-0.05, 0) is 42.5 Å². The highest BCUT2D eigenvalue weighted by Crippen LogP contribution is 2.35. The van der Waals surface area contributed by atoms with Crippen molar-refractivity contribution in [1.29, 1.82) is 0 Å².